The largest absolute Gasteiger partial charge is 0.480 e. The van der Waals surface area contributed by atoms with Gasteiger partial charge in [-0.05, 0) is 36.5 Å². The van der Waals surface area contributed by atoms with E-state index < -0.39 is 35.6 Å². The Hall–Kier alpha value is -3.13. The molecule has 2 amide bonds. The van der Waals surface area contributed by atoms with Crippen LogP contribution in [0.5, 0.6) is 0 Å². The Morgan fingerprint density at radius 1 is 1.13 bits per heavy atom. The van der Waals surface area contributed by atoms with Gasteiger partial charge in [-0.25, -0.2) is 0 Å². The number of carboxylic acid groups (broad SMARTS) is 1. The second kappa shape index (κ2) is 10.3. The van der Waals surface area contributed by atoms with E-state index in [1.807, 2.05) is 42.5 Å². The number of anilines is 1. The molecular formula is C23H24N2O5S. The van der Waals surface area contributed by atoms with E-state index in [0.29, 0.717) is 24.9 Å². The third-order valence-corrected chi connectivity index (χ3v) is 6.02. The van der Waals surface area contributed by atoms with Gasteiger partial charge in [0.05, 0.1) is 5.25 Å². The minimum Gasteiger partial charge on any atom is -0.480 e. The summed E-state index contributed by atoms with van der Waals surface area (Å²) in [4.78, 5) is 50.5. The van der Waals surface area contributed by atoms with Crippen molar-refractivity contribution in [1.82, 2.24) is 5.32 Å². The number of aryl methyl sites for hydroxylation is 1. The summed E-state index contributed by atoms with van der Waals surface area (Å²) in [6.45, 7) is 0.913. The number of thioether (sulfide) groups is 1. The van der Waals surface area contributed by atoms with Crippen LogP contribution in [0.15, 0.2) is 54.6 Å². The smallest absolute Gasteiger partial charge is 0.323 e. The van der Waals surface area contributed by atoms with E-state index >= 15 is 0 Å². The van der Waals surface area contributed by atoms with Gasteiger partial charge in [-0.2, -0.15) is 0 Å². The Labute approximate surface area is 184 Å². The first-order valence-corrected chi connectivity index (χ1v) is 10.9. The summed E-state index contributed by atoms with van der Waals surface area (Å²) in [6.07, 6.45) is 1.21. The Balaban J connectivity index is 1.80. The van der Waals surface area contributed by atoms with Gasteiger partial charge in [-0.1, -0.05) is 60.3 Å². The second-order valence-corrected chi connectivity index (χ2v) is 8.71. The molecule has 2 atom stereocenters. The number of para-hydroxylation sites is 1. The quantitative estimate of drug-likeness (QED) is 0.685. The molecule has 0 aliphatic carbocycles. The van der Waals surface area contributed by atoms with Gasteiger partial charge in [-0.3, -0.25) is 24.1 Å². The highest BCUT2D eigenvalue weighted by atomic mass is 32.2. The van der Waals surface area contributed by atoms with Crippen LogP contribution in [0.25, 0.3) is 0 Å². The van der Waals surface area contributed by atoms with Crippen LogP contribution in [0.1, 0.15) is 24.5 Å². The second-order valence-electron chi connectivity index (χ2n) is 7.33. The predicted octanol–water partition coefficient (Wildman–Crippen LogP) is 2.43. The van der Waals surface area contributed by atoms with Crippen LogP contribution in [-0.4, -0.2) is 45.8 Å². The van der Waals surface area contributed by atoms with Crippen molar-refractivity contribution in [3.63, 3.8) is 0 Å². The monoisotopic (exact) mass is 440 g/mol. The Morgan fingerprint density at radius 3 is 2.48 bits per heavy atom. The SMILES string of the molecule is CC(=O)S[C@@H](Cc1ccccc1)C(=O)N[C@@H]1CCc2ccccc2N(CC(=O)O)C1=O. The fraction of sp³-hybridized carbons (Fsp3) is 0.304. The summed E-state index contributed by atoms with van der Waals surface area (Å²) in [5, 5.41) is 11.2. The summed E-state index contributed by atoms with van der Waals surface area (Å²) >= 11 is 0.926. The lowest BCUT2D eigenvalue weighted by Gasteiger charge is -2.26. The lowest BCUT2D eigenvalue weighted by Crippen LogP contribution is -2.51. The summed E-state index contributed by atoms with van der Waals surface area (Å²) in [6, 6.07) is 15.6. The first kappa shape index (κ1) is 22.6. The molecule has 3 rings (SSSR count). The summed E-state index contributed by atoms with van der Waals surface area (Å²) in [7, 11) is 0. The predicted molar refractivity (Wildman–Crippen MR) is 119 cm³/mol. The highest BCUT2D eigenvalue weighted by Crippen LogP contribution is 2.27. The molecule has 1 aliphatic heterocycles. The van der Waals surface area contributed by atoms with E-state index in [9.17, 15) is 24.3 Å². The normalized spacial score (nSPS) is 16.7. The number of nitrogens with one attached hydrogen (secondary N) is 1. The van der Waals surface area contributed by atoms with Gasteiger partial charge in [-0.15, -0.1) is 0 Å². The van der Waals surface area contributed by atoms with Crippen LogP contribution in [0, 0.1) is 0 Å². The zero-order valence-corrected chi connectivity index (χ0v) is 17.9. The van der Waals surface area contributed by atoms with Gasteiger partial charge in [0.1, 0.15) is 12.6 Å². The van der Waals surface area contributed by atoms with Crippen LogP contribution in [0.4, 0.5) is 5.69 Å². The minimum atomic E-state index is -1.13. The number of rotatable bonds is 7. The van der Waals surface area contributed by atoms with Crippen LogP contribution in [0.2, 0.25) is 0 Å². The first-order chi connectivity index (χ1) is 14.8. The molecule has 2 N–H and O–H groups in total. The molecule has 1 aliphatic rings. The standard InChI is InChI=1S/C23H24N2O5S/c1-15(26)31-20(13-16-7-3-2-4-8-16)22(29)24-18-12-11-17-9-5-6-10-19(17)25(23(18)30)14-21(27)28/h2-10,18,20H,11-14H2,1H3,(H,24,29)(H,27,28)/t18-,20+/m1/s1. The van der Waals surface area contributed by atoms with Crippen molar-refractivity contribution in [2.75, 3.05) is 11.4 Å². The van der Waals surface area contributed by atoms with Gasteiger partial charge >= 0.3 is 5.97 Å². The molecule has 0 aromatic heterocycles. The average molecular weight is 441 g/mol. The van der Waals surface area contributed by atoms with E-state index in [0.717, 1.165) is 22.9 Å². The Bertz CT molecular complexity index is 979. The summed E-state index contributed by atoms with van der Waals surface area (Å²) < 4.78 is 0. The number of aliphatic carboxylic acids is 1. The highest BCUT2D eigenvalue weighted by Gasteiger charge is 2.34. The van der Waals surface area contributed by atoms with E-state index in [4.69, 9.17) is 0 Å². The zero-order chi connectivity index (χ0) is 22.4. The molecule has 0 unspecified atom stereocenters. The fourth-order valence-electron chi connectivity index (χ4n) is 3.63. The molecule has 0 saturated carbocycles. The lowest BCUT2D eigenvalue weighted by molar-refractivity contribution is -0.137. The third kappa shape index (κ3) is 5.95. The maximum absolute atomic E-state index is 13.2. The van der Waals surface area contributed by atoms with Crippen molar-refractivity contribution in [3.8, 4) is 0 Å². The minimum absolute atomic E-state index is 0.191. The van der Waals surface area contributed by atoms with Gasteiger partial charge in [0, 0.05) is 12.6 Å². The molecule has 162 valence electrons. The Morgan fingerprint density at radius 2 is 1.81 bits per heavy atom. The number of hydrogen-bond acceptors (Lipinski definition) is 5. The van der Waals surface area contributed by atoms with E-state index in [1.54, 1.807) is 12.1 Å². The summed E-state index contributed by atoms with van der Waals surface area (Å²) in [5.41, 5.74) is 2.31. The first-order valence-electron chi connectivity index (χ1n) is 9.97. The van der Waals surface area contributed by atoms with E-state index in [-0.39, 0.29) is 5.12 Å². The van der Waals surface area contributed by atoms with Gasteiger partial charge in [0.2, 0.25) is 11.8 Å². The van der Waals surface area contributed by atoms with Gasteiger partial charge in [0.25, 0.3) is 0 Å². The lowest BCUT2D eigenvalue weighted by atomic mass is 10.1. The molecule has 8 heteroatoms. The van der Waals surface area contributed by atoms with Crippen molar-refractivity contribution in [3.05, 3.63) is 65.7 Å². The maximum Gasteiger partial charge on any atom is 0.323 e. The molecule has 0 fully saturated rings. The molecule has 2 aromatic carbocycles. The number of nitrogens with zero attached hydrogens (tertiary/aromatic N) is 1. The van der Waals surface area contributed by atoms with Crippen molar-refractivity contribution in [2.45, 2.75) is 37.5 Å². The maximum atomic E-state index is 13.2. The highest BCUT2D eigenvalue weighted by molar-refractivity contribution is 8.14. The number of carbonyl (C=O) groups is 4. The van der Waals surface area contributed by atoms with Gasteiger partial charge < -0.3 is 10.4 Å². The van der Waals surface area contributed by atoms with Crippen LogP contribution in [-0.2, 0) is 32.0 Å². The molecule has 7 nitrogen and oxygen atoms in total. The van der Waals surface area contributed by atoms with Crippen molar-refractivity contribution in [1.29, 1.82) is 0 Å². The molecular weight excluding hydrogens is 416 g/mol. The van der Waals surface area contributed by atoms with Crippen molar-refractivity contribution >= 4 is 40.3 Å². The molecule has 0 spiro atoms. The number of carboxylic acids is 1. The third-order valence-electron chi connectivity index (χ3n) is 5.02. The van der Waals surface area contributed by atoms with E-state index in [2.05, 4.69) is 5.32 Å². The topological polar surface area (TPSA) is 104 Å². The molecule has 2 aromatic rings. The van der Waals surface area contributed by atoms with Crippen molar-refractivity contribution in [2.24, 2.45) is 0 Å². The number of fused-ring (bicyclic) bond motifs is 1. The van der Waals surface area contributed by atoms with Crippen molar-refractivity contribution < 1.29 is 24.3 Å². The number of benzene rings is 2. The van der Waals surface area contributed by atoms with E-state index in [1.165, 1.54) is 11.8 Å². The number of amides is 2. The average Bonchev–Trinajstić information content (AvgIpc) is 2.86. The van der Waals surface area contributed by atoms with Crippen LogP contribution in [0.3, 0.4) is 0 Å². The molecule has 0 radical (unpaired) electrons. The van der Waals surface area contributed by atoms with Gasteiger partial charge in [0.15, 0.2) is 5.12 Å². The number of carbonyl (C=O) groups excluding carboxylic acids is 3. The molecule has 1 heterocycles. The van der Waals surface area contributed by atoms with Crippen LogP contribution >= 0.6 is 11.8 Å². The fourth-order valence-corrected chi connectivity index (χ4v) is 4.48. The summed E-state index contributed by atoms with van der Waals surface area (Å²) in [5.74, 6) is -2.01. The number of hydrogen-bond donors (Lipinski definition) is 2. The molecule has 0 bridgehead atoms. The Kier molecular flexibility index (Phi) is 7.46. The zero-order valence-electron chi connectivity index (χ0n) is 17.1. The molecule has 31 heavy (non-hydrogen) atoms. The molecule has 0 saturated heterocycles. The van der Waals surface area contributed by atoms with Crippen LogP contribution < -0.4 is 10.2 Å².